The maximum absolute atomic E-state index is 8.91. The molecule has 1 aliphatic rings. The van der Waals surface area contributed by atoms with Crippen molar-refractivity contribution in [2.24, 2.45) is 0 Å². The van der Waals surface area contributed by atoms with Gasteiger partial charge in [0.1, 0.15) is 0 Å². The van der Waals surface area contributed by atoms with E-state index < -0.39 is 0 Å². The molecule has 0 aromatic rings. The molecular weight excluding hydrogens is 115 g/mol. The third-order valence-corrected chi connectivity index (χ3v) is 1.43. The zero-order valence-corrected chi connectivity index (χ0v) is 4.07. The summed E-state index contributed by atoms with van der Waals surface area (Å²) < 4.78 is 0. The van der Waals surface area contributed by atoms with Gasteiger partial charge in [0.2, 0.25) is 0 Å². The fraction of sp³-hybridized carbons (Fsp3) is 1.00. The molecule has 1 aliphatic carbocycles. The molecule has 0 spiro atoms. The molecule has 0 unspecified atom stereocenters. The average molecular weight is 126 g/mol. The van der Waals surface area contributed by atoms with E-state index in [-0.39, 0.29) is 57.0 Å². The molecule has 2 heteroatoms. The van der Waals surface area contributed by atoms with E-state index in [1.165, 1.54) is 6.42 Å². The summed E-state index contributed by atoms with van der Waals surface area (Å²) in [6.07, 6.45) is 3.23. The van der Waals surface area contributed by atoms with Crippen LogP contribution in [0.3, 0.4) is 0 Å². The van der Waals surface area contributed by atoms with Crippen LogP contribution < -0.4 is 0 Å². The van der Waals surface area contributed by atoms with E-state index in [2.05, 4.69) is 0 Å². The van der Waals surface area contributed by atoms with E-state index >= 15 is 0 Å². The van der Waals surface area contributed by atoms with Crippen LogP contribution >= 0.6 is 0 Å². The van der Waals surface area contributed by atoms with Crippen molar-refractivity contribution in [3.8, 4) is 0 Å². The molecule has 0 aliphatic heterocycles. The summed E-state index contributed by atoms with van der Waals surface area (Å²) in [5.74, 6) is 0. The van der Waals surface area contributed by atoms with Gasteiger partial charge in [-0.3, -0.25) is 0 Å². The Morgan fingerprint density at radius 3 is 1.71 bits per heavy atom. The van der Waals surface area contributed by atoms with Gasteiger partial charge in [-0.05, 0) is 26.2 Å². The first-order chi connectivity index (χ1) is 2.71. The van der Waals surface area contributed by atoms with Crippen LogP contribution in [0.4, 0.5) is 0 Å². The van der Waals surface area contributed by atoms with Crippen molar-refractivity contribution in [2.75, 3.05) is 0 Å². The minimum atomic E-state index is -0.278. The molecule has 38 valence electrons. The molecule has 0 aromatic heterocycles. The Morgan fingerprint density at radius 1 is 1.43 bits per heavy atom. The summed E-state index contributed by atoms with van der Waals surface area (Å²) in [6, 6.07) is 0. The first kappa shape index (κ1) is 8.60. The Kier molecular flexibility index (Phi) is 3.62. The van der Waals surface area contributed by atoms with Crippen LogP contribution in [0, 0.1) is 0 Å². The third-order valence-electron chi connectivity index (χ3n) is 1.43. The van der Waals surface area contributed by atoms with Crippen molar-refractivity contribution in [1.29, 1.82) is 0 Å². The average Bonchev–Trinajstić information content (AvgIpc) is 1.32. The summed E-state index contributed by atoms with van der Waals surface area (Å²) in [4.78, 5) is 0. The zero-order valence-electron chi connectivity index (χ0n) is 4.07. The van der Waals surface area contributed by atoms with Gasteiger partial charge >= 0.3 is 51.4 Å². The quantitative estimate of drug-likeness (QED) is 0.462. The summed E-state index contributed by atoms with van der Waals surface area (Å²) in [6.45, 7) is 1.89. The number of aliphatic hydroxyl groups is 1. The van der Waals surface area contributed by atoms with Gasteiger partial charge in [-0.25, -0.2) is 0 Å². The summed E-state index contributed by atoms with van der Waals surface area (Å²) in [5.41, 5.74) is -0.278. The van der Waals surface area contributed by atoms with Gasteiger partial charge in [0, 0.05) is 0 Å². The van der Waals surface area contributed by atoms with E-state index in [1.807, 2.05) is 6.92 Å². The zero-order chi connectivity index (χ0) is 4.62. The van der Waals surface area contributed by atoms with Crippen molar-refractivity contribution in [3.05, 3.63) is 0 Å². The Balaban J connectivity index is 0.000000360. The van der Waals surface area contributed by atoms with Crippen molar-refractivity contribution in [2.45, 2.75) is 31.8 Å². The summed E-state index contributed by atoms with van der Waals surface area (Å²) >= 11 is 0. The molecule has 0 bridgehead atoms. The topological polar surface area (TPSA) is 20.2 Å². The van der Waals surface area contributed by atoms with Crippen LogP contribution in [-0.4, -0.2) is 62.1 Å². The molecule has 1 saturated carbocycles. The fourth-order valence-corrected chi connectivity index (χ4v) is 0.688. The predicted octanol–water partition coefficient (Wildman–Crippen LogP) is 0.273. The van der Waals surface area contributed by atoms with Gasteiger partial charge in [-0.15, -0.1) is 0 Å². The van der Waals surface area contributed by atoms with E-state index in [9.17, 15) is 0 Å². The van der Waals surface area contributed by atoms with E-state index in [0.29, 0.717) is 0 Å². The number of hydrogen-bond acceptors (Lipinski definition) is 1. The van der Waals surface area contributed by atoms with Crippen molar-refractivity contribution < 1.29 is 5.11 Å². The van der Waals surface area contributed by atoms with Crippen LogP contribution in [0.25, 0.3) is 0 Å². The van der Waals surface area contributed by atoms with E-state index in [0.717, 1.165) is 12.8 Å². The van der Waals surface area contributed by atoms with Crippen LogP contribution in [0.1, 0.15) is 26.2 Å². The van der Waals surface area contributed by atoms with Crippen LogP contribution in [0.15, 0.2) is 0 Å². The fourth-order valence-electron chi connectivity index (χ4n) is 0.688. The Labute approximate surface area is 86.9 Å². The molecule has 1 fully saturated rings. The third kappa shape index (κ3) is 2.58. The molecule has 0 radical (unpaired) electrons. The van der Waals surface area contributed by atoms with Gasteiger partial charge in [-0.2, -0.15) is 0 Å². The molecule has 1 N–H and O–H groups in total. The van der Waals surface area contributed by atoms with E-state index in [4.69, 9.17) is 5.11 Å². The molecule has 0 heterocycles. The molecule has 0 atom stereocenters. The molecule has 0 saturated heterocycles. The molecule has 1 nitrogen and oxygen atoms in total. The summed E-state index contributed by atoms with van der Waals surface area (Å²) in [7, 11) is 0. The van der Waals surface area contributed by atoms with Gasteiger partial charge in [0.25, 0.3) is 0 Å². The van der Waals surface area contributed by atoms with Crippen molar-refractivity contribution in [3.63, 3.8) is 0 Å². The molecule has 0 aromatic carbocycles. The summed E-state index contributed by atoms with van der Waals surface area (Å²) in [5, 5.41) is 8.91. The standard InChI is InChI=1S/C5H10O.K.H/c1-5(6)3-2-4-5;;/h6H,2-4H2,1H3;;. The van der Waals surface area contributed by atoms with Gasteiger partial charge in [-0.1, -0.05) is 0 Å². The van der Waals surface area contributed by atoms with Crippen LogP contribution in [0.5, 0.6) is 0 Å². The monoisotopic (exact) mass is 126 g/mol. The van der Waals surface area contributed by atoms with Crippen LogP contribution in [-0.2, 0) is 0 Å². The molecule has 1 rings (SSSR count). The minimum absolute atomic E-state index is 0. The molecule has 7 heavy (non-hydrogen) atoms. The van der Waals surface area contributed by atoms with Crippen molar-refractivity contribution >= 4 is 51.4 Å². The Hall–Kier alpha value is 1.60. The SMILES string of the molecule is CC1(O)CCC1.[KH]. The number of rotatable bonds is 0. The normalized spacial score (nSPS) is 24.9. The Bertz CT molecular complexity index is 55.1. The number of hydrogen-bond donors (Lipinski definition) is 1. The second kappa shape index (κ2) is 2.94. The van der Waals surface area contributed by atoms with Gasteiger partial charge in [0.05, 0.1) is 5.60 Å². The Morgan fingerprint density at radius 2 is 1.71 bits per heavy atom. The van der Waals surface area contributed by atoms with Crippen molar-refractivity contribution in [1.82, 2.24) is 0 Å². The van der Waals surface area contributed by atoms with Crippen LogP contribution in [0.2, 0.25) is 0 Å². The van der Waals surface area contributed by atoms with E-state index in [1.54, 1.807) is 0 Å². The second-order valence-corrected chi connectivity index (χ2v) is 2.35. The van der Waals surface area contributed by atoms with Gasteiger partial charge < -0.3 is 5.11 Å². The molecule has 0 amide bonds. The van der Waals surface area contributed by atoms with Gasteiger partial charge in [0.15, 0.2) is 0 Å². The first-order valence-electron chi connectivity index (χ1n) is 2.43. The maximum atomic E-state index is 8.91. The predicted molar refractivity (Wildman–Crippen MR) is 31.6 cm³/mol. The second-order valence-electron chi connectivity index (χ2n) is 2.35. The first-order valence-corrected chi connectivity index (χ1v) is 2.43. The molecular formula is C5H11KO.